The van der Waals surface area contributed by atoms with E-state index in [-0.39, 0.29) is 0 Å². The van der Waals surface area contributed by atoms with Gasteiger partial charge in [-0.25, -0.2) is 0 Å². The van der Waals surface area contributed by atoms with Gasteiger partial charge in [0.2, 0.25) is 0 Å². The zero-order valence-electron chi connectivity index (χ0n) is 9.29. The van der Waals surface area contributed by atoms with Crippen molar-refractivity contribution in [3.05, 3.63) is 22.9 Å². The summed E-state index contributed by atoms with van der Waals surface area (Å²) < 4.78 is 6.55. The molecule has 3 nitrogen and oxygen atoms in total. The number of nitrogens with one attached hydrogen (secondary N) is 1. The Bertz CT molecular complexity index is 329. The highest BCUT2D eigenvalue weighted by atomic mass is 79.9. The van der Waals surface area contributed by atoms with Gasteiger partial charge in [-0.1, -0.05) is 0 Å². The quantitative estimate of drug-likeness (QED) is 0.782. The van der Waals surface area contributed by atoms with Crippen LogP contribution in [0.25, 0.3) is 0 Å². The van der Waals surface area contributed by atoms with E-state index in [1.54, 1.807) is 12.4 Å². The van der Waals surface area contributed by atoms with E-state index in [2.05, 4.69) is 26.2 Å². The van der Waals surface area contributed by atoms with Crippen molar-refractivity contribution in [1.82, 2.24) is 10.3 Å². The molecule has 16 heavy (non-hydrogen) atoms. The lowest BCUT2D eigenvalue weighted by Gasteiger charge is -2.06. The van der Waals surface area contributed by atoms with Crippen molar-refractivity contribution in [2.24, 2.45) is 0 Å². The molecule has 0 atom stereocenters. The van der Waals surface area contributed by atoms with Gasteiger partial charge < -0.3 is 10.1 Å². The third-order valence-corrected chi connectivity index (χ3v) is 2.96. The molecular formula is C12H17BrN2O. The third-order valence-electron chi connectivity index (χ3n) is 2.53. The molecule has 1 N–H and O–H groups in total. The van der Waals surface area contributed by atoms with Gasteiger partial charge in [0, 0.05) is 16.7 Å². The zero-order chi connectivity index (χ0) is 11.2. The van der Waals surface area contributed by atoms with Gasteiger partial charge in [-0.15, -0.1) is 0 Å². The maximum atomic E-state index is 5.59. The van der Waals surface area contributed by atoms with E-state index in [1.807, 2.05) is 6.07 Å². The highest BCUT2D eigenvalue weighted by molar-refractivity contribution is 9.10. The van der Waals surface area contributed by atoms with Crippen LogP contribution in [-0.2, 0) is 0 Å². The van der Waals surface area contributed by atoms with Gasteiger partial charge in [0.15, 0.2) is 0 Å². The van der Waals surface area contributed by atoms with E-state index in [0.29, 0.717) is 0 Å². The van der Waals surface area contributed by atoms with Crippen LogP contribution in [0.4, 0.5) is 0 Å². The number of ether oxygens (including phenoxy) is 1. The van der Waals surface area contributed by atoms with Crippen LogP contribution in [0.2, 0.25) is 0 Å². The van der Waals surface area contributed by atoms with Gasteiger partial charge in [-0.3, -0.25) is 4.98 Å². The lowest BCUT2D eigenvalue weighted by Crippen LogP contribution is -2.17. The third kappa shape index (κ3) is 4.49. The second-order valence-corrected chi connectivity index (χ2v) is 5.04. The van der Waals surface area contributed by atoms with Gasteiger partial charge in [-0.2, -0.15) is 0 Å². The van der Waals surface area contributed by atoms with Crippen LogP contribution >= 0.6 is 15.9 Å². The molecule has 4 heteroatoms. The second-order valence-electron chi connectivity index (χ2n) is 4.12. The van der Waals surface area contributed by atoms with Crippen LogP contribution in [0.15, 0.2) is 22.9 Å². The van der Waals surface area contributed by atoms with Crippen molar-refractivity contribution in [3.8, 4) is 5.75 Å². The Kier molecular flexibility index (Phi) is 4.60. The molecule has 1 aliphatic rings. The molecule has 1 fully saturated rings. The van der Waals surface area contributed by atoms with E-state index in [0.717, 1.165) is 35.8 Å². The maximum absolute atomic E-state index is 5.59. The number of unbranched alkanes of at least 4 members (excludes halogenated alkanes) is 1. The highest BCUT2D eigenvalue weighted by Crippen LogP contribution is 2.18. The fourth-order valence-electron chi connectivity index (χ4n) is 1.48. The first kappa shape index (κ1) is 11.9. The van der Waals surface area contributed by atoms with Gasteiger partial charge in [0.05, 0.1) is 12.8 Å². The largest absolute Gasteiger partial charge is 0.492 e. The van der Waals surface area contributed by atoms with E-state index < -0.39 is 0 Å². The number of rotatable bonds is 7. The van der Waals surface area contributed by atoms with E-state index in [4.69, 9.17) is 4.74 Å². The van der Waals surface area contributed by atoms with Crippen molar-refractivity contribution in [2.75, 3.05) is 13.2 Å². The summed E-state index contributed by atoms with van der Waals surface area (Å²) in [5.74, 6) is 0.838. The predicted octanol–water partition coefficient (Wildman–Crippen LogP) is 2.76. The Morgan fingerprint density at radius 2 is 2.25 bits per heavy atom. The Morgan fingerprint density at radius 1 is 1.38 bits per heavy atom. The Hall–Kier alpha value is -0.610. The van der Waals surface area contributed by atoms with Crippen molar-refractivity contribution in [3.63, 3.8) is 0 Å². The van der Waals surface area contributed by atoms with Crippen LogP contribution < -0.4 is 10.1 Å². The van der Waals surface area contributed by atoms with Crippen molar-refractivity contribution in [2.45, 2.75) is 31.7 Å². The number of halogens is 1. The molecular weight excluding hydrogens is 268 g/mol. The van der Waals surface area contributed by atoms with Crippen LogP contribution in [0, 0.1) is 0 Å². The zero-order valence-corrected chi connectivity index (χ0v) is 10.9. The van der Waals surface area contributed by atoms with Crippen LogP contribution in [-0.4, -0.2) is 24.2 Å². The van der Waals surface area contributed by atoms with Crippen molar-refractivity contribution < 1.29 is 4.74 Å². The SMILES string of the molecule is Brc1cncc(OCCCCNC2CC2)c1. The molecule has 88 valence electrons. The van der Waals surface area contributed by atoms with Crippen molar-refractivity contribution >= 4 is 15.9 Å². The molecule has 0 spiro atoms. The normalized spacial score (nSPS) is 15.1. The van der Waals surface area contributed by atoms with Gasteiger partial charge in [0.25, 0.3) is 0 Å². The van der Waals surface area contributed by atoms with E-state index >= 15 is 0 Å². The number of pyridine rings is 1. The molecule has 2 rings (SSSR count). The minimum Gasteiger partial charge on any atom is -0.492 e. The lowest BCUT2D eigenvalue weighted by atomic mass is 10.3. The van der Waals surface area contributed by atoms with Crippen LogP contribution in [0.3, 0.4) is 0 Å². The lowest BCUT2D eigenvalue weighted by molar-refractivity contribution is 0.304. The topological polar surface area (TPSA) is 34.1 Å². The summed E-state index contributed by atoms with van der Waals surface area (Å²) in [6.45, 7) is 1.88. The molecule has 1 heterocycles. The Labute approximate surface area is 105 Å². The first-order chi connectivity index (χ1) is 7.84. The van der Waals surface area contributed by atoms with E-state index in [1.165, 1.54) is 19.3 Å². The standard InChI is InChI=1S/C12H17BrN2O/c13-10-7-12(9-14-8-10)16-6-2-1-5-15-11-3-4-11/h7-9,11,15H,1-6H2. The summed E-state index contributed by atoms with van der Waals surface area (Å²) in [4.78, 5) is 4.05. The second kappa shape index (κ2) is 6.21. The molecule has 0 radical (unpaired) electrons. The summed E-state index contributed by atoms with van der Waals surface area (Å²) in [6.07, 6.45) is 8.49. The molecule has 1 saturated carbocycles. The van der Waals surface area contributed by atoms with Crippen LogP contribution in [0.5, 0.6) is 5.75 Å². The molecule has 0 unspecified atom stereocenters. The smallest absolute Gasteiger partial charge is 0.138 e. The first-order valence-electron chi connectivity index (χ1n) is 5.81. The monoisotopic (exact) mass is 284 g/mol. The van der Waals surface area contributed by atoms with E-state index in [9.17, 15) is 0 Å². The first-order valence-corrected chi connectivity index (χ1v) is 6.60. The average molecular weight is 285 g/mol. The molecule has 1 aromatic heterocycles. The number of hydrogen-bond donors (Lipinski definition) is 1. The molecule has 1 aromatic rings. The average Bonchev–Trinajstić information content (AvgIpc) is 3.07. The highest BCUT2D eigenvalue weighted by Gasteiger charge is 2.19. The summed E-state index contributed by atoms with van der Waals surface area (Å²) in [5.41, 5.74) is 0. The van der Waals surface area contributed by atoms with Gasteiger partial charge in [-0.05, 0) is 54.2 Å². The molecule has 1 aliphatic carbocycles. The minimum absolute atomic E-state index is 0.768. The molecule has 0 bridgehead atoms. The minimum atomic E-state index is 0.768. The number of nitrogens with zero attached hydrogens (tertiary/aromatic N) is 1. The Morgan fingerprint density at radius 3 is 3.00 bits per heavy atom. The fraction of sp³-hybridized carbons (Fsp3) is 0.583. The summed E-state index contributed by atoms with van der Waals surface area (Å²) in [5, 5.41) is 3.49. The molecule has 0 saturated heterocycles. The summed E-state index contributed by atoms with van der Waals surface area (Å²) in [6, 6.07) is 2.75. The Balaban J connectivity index is 1.53. The van der Waals surface area contributed by atoms with Crippen LogP contribution in [0.1, 0.15) is 25.7 Å². The number of aromatic nitrogens is 1. The summed E-state index contributed by atoms with van der Waals surface area (Å²) in [7, 11) is 0. The molecule has 0 aromatic carbocycles. The van der Waals surface area contributed by atoms with Gasteiger partial charge >= 0.3 is 0 Å². The predicted molar refractivity (Wildman–Crippen MR) is 67.7 cm³/mol. The summed E-state index contributed by atoms with van der Waals surface area (Å²) >= 11 is 3.37. The molecule has 0 aliphatic heterocycles. The molecule has 0 amide bonds. The van der Waals surface area contributed by atoms with Gasteiger partial charge in [0.1, 0.15) is 5.75 Å². The fourth-order valence-corrected chi connectivity index (χ4v) is 1.83. The van der Waals surface area contributed by atoms with Crippen molar-refractivity contribution in [1.29, 1.82) is 0 Å². The number of hydrogen-bond acceptors (Lipinski definition) is 3. The maximum Gasteiger partial charge on any atom is 0.138 e.